The third kappa shape index (κ3) is 2.11. The number of ether oxygens (including phenoxy) is 1. The molecule has 116 valence electrons. The van der Waals surface area contributed by atoms with Gasteiger partial charge in [0, 0.05) is 5.69 Å². The number of carbonyl (C=O) groups is 2. The summed E-state index contributed by atoms with van der Waals surface area (Å²) in [4.78, 5) is 24.0. The third-order valence-electron chi connectivity index (χ3n) is 5.23. The molecule has 2 fully saturated rings. The summed E-state index contributed by atoms with van der Waals surface area (Å²) in [5.41, 5.74) is 3.40. The van der Waals surface area contributed by atoms with Crippen molar-refractivity contribution in [1.29, 1.82) is 0 Å². The average molecular weight is 301 g/mol. The summed E-state index contributed by atoms with van der Waals surface area (Å²) in [7, 11) is 0. The minimum absolute atomic E-state index is 0.224. The summed E-state index contributed by atoms with van der Waals surface area (Å²) in [6, 6.07) is 5.99. The zero-order chi connectivity index (χ0) is 15.3. The number of rotatable bonds is 3. The Morgan fingerprint density at radius 3 is 2.59 bits per heavy atom. The molecule has 1 aromatic carbocycles. The van der Waals surface area contributed by atoms with Crippen LogP contribution in [0.4, 0.5) is 5.69 Å². The number of amides is 1. The van der Waals surface area contributed by atoms with Gasteiger partial charge in [0.05, 0.1) is 24.0 Å². The molecule has 4 atom stereocenters. The fourth-order valence-corrected chi connectivity index (χ4v) is 4.20. The number of aliphatic carboxylic acids is 1. The van der Waals surface area contributed by atoms with Gasteiger partial charge in [-0.2, -0.15) is 0 Å². The summed E-state index contributed by atoms with van der Waals surface area (Å²) in [6.45, 7) is 0. The fraction of sp³-hybridized carbons (Fsp3) is 0.529. The largest absolute Gasteiger partial charge is 0.481 e. The molecule has 2 bridgehead atoms. The number of carboxylic acids is 1. The van der Waals surface area contributed by atoms with Crippen molar-refractivity contribution in [3.63, 3.8) is 0 Å². The van der Waals surface area contributed by atoms with Crippen LogP contribution in [0.25, 0.3) is 0 Å². The van der Waals surface area contributed by atoms with Crippen molar-refractivity contribution >= 4 is 17.6 Å². The monoisotopic (exact) mass is 301 g/mol. The molecule has 1 aliphatic carbocycles. The van der Waals surface area contributed by atoms with Gasteiger partial charge in [-0.1, -0.05) is 6.07 Å². The molecule has 1 amide bonds. The van der Waals surface area contributed by atoms with E-state index in [-0.39, 0.29) is 18.1 Å². The van der Waals surface area contributed by atoms with Gasteiger partial charge in [-0.05, 0) is 55.4 Å². The SMILES string of the molecule is O=C(Nc1ccc2c(c1)CCC2)[C@@H]1[C@H](C(=O)O)[C@@H]2CC[C@H]1O2. The van der Waals surface area contributed by atoms with E-state index in [2.05, 4.69) is 11.4 Å². The van der Waals surface area contributed by atoms with Crippen LogP contribution in [0.1, 0.15) is 30.4 Å². The van der Waals surface area contributed by atoms with E-state index < -0.39 is 17.8 Å². The van der Waals surface area contributed by atoms with E-state index in [1.165, 1.54) is 11.1 Å². The van der Waals surface area contributed by atoms with Gasteiger partial charge in [-0.3, -0.25) is 9.59 Å². The van der Waals surface area contributed by atoms with Crippen molar-refractivity contribution in [3.8, 4) is 0 Å². The fourth-order valence-electron chi connectivity index (χ4n) is 4.20. The van der Waals surface area contributed by atoms with Crippen LogP contribution in [0.2, 0.25) is 0 Å². The molecule has 2 aliphatic heterocycles. The number of anilines is 1. The molecule has 0 spiro atoms. The Kier molecular flexibility index (Phi) is 3.18. The van der Waals surface area contributed by atoms with Crippen LogP contribution in [0.5, 0.6) is 0 Å². The highest BCUT2D eigenvalue weighted by Gasteiger charge is 2.55. The molecule has 0 radical (unpaired) electrons. The smallest absolute Gasteiger partial charge is 0.310 e. The molecule has 3 aliphatic rings. The second-order valence-electron chi connectivity index (χ2n) is 6.51. The number of carbonyl (C=O) groups excluding carboxylic acids is 1. The number of hydrogen-bond donors (Lipinski definition) is 2. The predicted octanol–water partition coefficient (Wildman–Crippen LogP) is 1.99. The standard InChI is InChI=1S/C17H19NO4/c19-16(14-12-6-7-13(22-12)15(14)17(20)21)18-11-5-4-9-2-1-3-10(9)8-11/h4-5,8,12-15H,1-3,6-7H2,(H,18,19)(H,20,21)/t12-,13+,14+,15-/m1/s1. The van der Waals surface area contributed by atoms with Crippen molar-refractivity contribution < 1.29 is 19.4 Å². The first-order chi connectivity index (χ1) is 10.6. The van der Waals surface area contributed by atoms with Gasteiger partial charge in [0.2, 0.25) is 5.91 Å². The lowest BCUT2D eigenvalue weighted by Gasteiger charge is -2.24. The van der Waals surface area contributed by atoms with Crippen molar-refractivity contribution in [1.82, 2.24) is 0 Å². The normalized spacial score (nSPS) is 32.0. The number of benzene rings is 1. The van der Waals surface area contributed by atoms with E-state index in [0.29, 0.717) is 0 Å². The van der Waals surface area contributed by atoms with Gasteiger partial charge in [0.1, 0.15) is 0 Å². The quantitative estimate of drug-likeness (QED) is 0.895. The second-order valence-corrected chi connectivity index (χ2v) is 6.51. The highest BCUT2D eigenvalue weighted by atomic mass is 16.5. The molecular weight excluding hydrogens is 282 g/mol. The van der Waals surface area contributed by atoms with Gasteiger partial charge >= 0.3 is 5.97 Å². The van der Waals surface area contributed by atoms with Crippen LogP contribution in [0.3, 0.4) is 0 Å². The molecule has 0 aromatic heterocycles. The van der Waals surface area contributed by atoms with Crippen LogP contribution in [-0.2, 0) is 27.2 Å². The summed E-state index contributed by atoms with van der Waals surface area (Å²) >= 11 is 0. The molecule has 5 nitrogen and oxygen atoms in total. The highest BCUT2D eigenvalue weighted by molar-refractivity contribution is 5.96. The van der Waals surface area contributed by atoms with E-state index in [9.17, 15) is 14.7 Å². The number of carboxylic acid groups (broad SMARTS) is 1. The predicted molar refractivity (Wildman–Crippen MR) is 79.6 cm³/mol. The lowest BCUT2D eigenvalue weighted by Crippen LogP contribution is -2.40. The van der Waals surface area contributed by atoms with E-state index in [1.54, 1.807) is 0 Å². The molecule has 2 N–H and O–H groups in total. The van der Waals surface area contributed by atoms with Gasteiger partial charge in [0.25, 0.3) is 0 Å². The van der Waals surface area contributed by atoms with Crippen LogP contribution >= 0.6 is 0 Å². The highest BCUT2D eigenvalue weighted by Crippen LogP contribution is 2.44. The maximum Gasteiger partial charge on any atom is 0.310 e. The minimum atomic E-state index is -0.929. The van der Waals surface area contributed by atoms with Gasteiger partial charge in [-0.25, -0.2) is 0 Å². The molecule has 2 heterocycles. The Balaban J connectivity index is 1.53. The average Bonchev–Trinajstić information content (AvgIpc) is 3.20. The van der Waals surface area contributed by atoms with Gasteiger partial charge in [0.15, 0.2) is 0 Å². The minimum Gasteiger partial charge on any atom is -0.481 e. The maximum atomic E-state index is 12.6. The van der Waals surface area contributed by atoms with Crippen LogP contribution in [0, 0.1) is 11.8 Å². The molecule has 22 heavy (non-hydrogen) atoms. The number of hydrogen-bond acceptors (Lipinski definition) is 3. The van der Waals surface area contributed by atoms with E-state index >= 15 is 0 Å². The third-order valence-corrected chi connectivity index (χ3v) is 5.23. The first kappa shape index (κ1) is 13.8. The van der Waals surface area contributed by atoms with E-state index in [1.807, 2.05) is 12.1 Å². The first-order valence-electron chi connectivity index (χ1n) is 7.94. The van der Waals surface area contributed by atoms with Crippen LogP contribution in [0.15, 0.2) is 18.2 Å². The van der Waals surface area contributed by atoms with Crippen LogP contribution in [-0.4, -0.2) is 29.2 Å². The molecule has 1 aromatic rings. The number of nitrogens with one attached hydrogen (secondary N) is 1. The Bertz CT molecular complexity index is 642. The Hall–Kier alpha value is -1.88. The van der Waals surface area contributed by atoms with Crippen LogP contribution < -0.4 is 5.32 Å². The Morgan fingerprint density at radius 2 is 1.82 bits per heavy atom. The summed E-state index contributed by atoms with van der Waals surface area (Å²) in [5.74, 6) is -2.45. The lowest BCUT2D eigenvalue weighted by atomic mass is 9.78. The van der Waals surface area contributed by atoms with Gasteiger partial charge in [-0.15, -0.1) is 0 Å². The molecule has 0 unspecified atom stereocenters. The van der Waals surface area contributed by atoms with Crippen molar-refractivity contribution in [3.05, 3.63) is 29.3 Å². The van der Waals surface area contributed by atoms with E-state index in [4.69, 9.17) is 4.74 Å². The van der Waals surface area contributed by atoms with Crippen molar-refractivity contribution in [2.75, 3.05) is 5.32 Å². The Labute approximate surface area is 128 Å². The molecular formula is C17H19NO4. The summed E-state index contributed by atoms with van der Waals surface area (Å²) < 4.78 is 5.65. The second kappa shape index (κ2) is 5.09. The first-order valence-corrected chi connectivity index (χ1v) is 7.94. The maximum absolute atomic E-state index is 12.6. The molecule has 0 saturated carbocycles. The van der Waals surface area contributed by atoms with Crippen molar-refractivity contribution in [2.45, 2.75) is 44.3 Å². The Morgan fingerprint density at radius 1 is 1.09 bits per heavy atom. The summed E-state index contributed by atoms with van der Waals surface area (Å²) in [6.07, 6.45) is 4.27. The molecule has 2 saturated heterocycles. The molecule has 5 heteroatoms. The topological polar surface area (TPSA) is 75.6 Å². The van der Waals surface area contributed by atoms with E-state index in [0.717, 1.165) is 37.8 Å². The van der Waals surface area contributed by atoms with Gasteiger partial charge < -0.3 is 15.2 Å². The zero-order valence-corrected chi connectivity index (χ0v) is 12.2. The summed E-state index contributed by atoms with van der Waals surface area (Å²) in [5, 5.41) is 12.3. The molecule has 4 rings (SSSR count). The van der Waals surface area contributed by atoms with Crippen molar-refractivity contribution in [2.24, 2.45) is 11.8 Å². The number of fused-ring (bicyclic) bond motifs is 3. The lowest BCUT2D eigenvalue weighted by molar-refractivity contribution is -0.147. The number of aryl methyl sites for hydroxylation is 2. The zero-order valence-electron chi connectivity index (χ0n) is 12.2.